The first kappa shape index (κ1) is 24.5. The summed E-state index contributed by atoms with van der Waals surface area (Å²) in [6, 6.07) is 22.6. The zero-order chi connectivity index (χ0) is 26.1. The van der Waals surface area contributed by atoms with Gasteiger partial charge in [0.25, 0.3) is 11.7 Å². The molecule has 37 heavy (non-hydrogen) atoms. The summed E-state index contributed by atoms with van der Waals surface area (Å²) in [6.45, 7) is 3.87. The average Bonchev–Trinajstić information content (AvgIpc) is 3.16. The van der Waals surface area contributed by atoms with Gasteiger partial charge in [-0.15, -0.1) is 0 Å². The molecule has 7 heteroatoms. The van der Waals surface area contributed by atoms with Crippen molar-refractivity contribution in [1.82, 2.24) is 4.98 Å². The number of Topliss-reactive ketones (excluding diaryl/α,β-unsaturated/α-hetero) is 1. The van der Waals surface area contributed by atoms with Gasteiger partial charge in [-0.1, -0.05) is 40.2 Å². The first-order valence-corrected chi connectivity index (χ1v) is 12.4. The third kappa shape index (κ3) is 4.78. The van der Waals surface area contributed by atoms with Gasteiger partial charge in [-0.05, 0) is 85.1 Å². The maximum absolute atomic E-state index is 13.3. The third-order valence-corrected chi connectivity index (χ3v) is 7.11. The zero-order valence-corrected chi connectivity index (χ0v) is 21.8. The van der Waals surface area contributed by atoms with Crippen LogP contribution >= 0.6 is 15.9 Å². The number of hydrogen-bond donors (Lipinski definition) is 1. The number of carbonyl (C=O) groups excluding carboxylic acids is 2. The lowest BCUT2D eigenvalue weighted by atomic mass is 9.95. The van der Waals surface area contributed by atoms with E-state index in [9.17, 15) is 14.7 Å². The Morgan fingerprint density at radius 3 is 2.41 bits per heavy atom. The van der Waals surface area contributed by atoms with E-state index in [0.717, 1.165) is 15.6 Å². The highest BCUT2D eigenvalue weighted by Gasteiger charge is 2.47. The van der Waals surface area contributed by atoms with Crippen LogP contribution < -0.4 is 9.64 Å². The topological polar surface area (TPSA) is 79.7 Å². The number of pyridine rings is 1. The van der Waals surface area contributed by atoms with E-state index in [1.807, 2.05) is 38.1 Å². The highest BCUT2D eigenvalue weighted by molar-refractivity contribution is 9.10. The Balaban J connectivity index is 1.57. The number of rotatable bonds is 5. The Morgan fingerprint density at radius 2 is 1.73 bits per heavy atom. The van der Waals surface area contributed by atoms with Gasteiger partial charge in [-0.25, -0.2) is 0 Å². The molecule has 5 rings (SSSR count). The van der Waals surface area contributed by atoms with Crippen molar-refractivity contribution >= 4 is 39.1 Å². The Kier molecular flexibility index (Phi) is 6.63. The average molecular weight is 555 g/mol. The van der Waals surface area contributed by atoms with Crippen molar-refractivity contribution < 1.29 is 19.4 Å². The van der Waals surface area contributed by atoms with E-state index in [-0.39, 0.29) is 11.3 Å². The highest BCUT2D eigenvalue weighted by atomic mass is 79.9. The number of amides is 1. The van der Waals surface area contributed by atoms with Crippen molar-refractivity contribution in [3.63, 3.8) is 0 Å². The number of aliphatic hydroxyl groups excluding tert-OH is 1. The number of hydrogen-bond acceptors (Lipinski definition) is 5. The predicted octanol–water partition coefficient (Wildman–Crippen LogP) is 6.88. The van der Waals surface area contributed by atoms with Gasteiger partial charge in [-0.2, -0.15) is 0 Å². The molecule has 2 heterocycles. The van der Waals surface area contributed by atoms with Gasteiger partial charge in [0.05, 0.1) is 11.6 Å². The summed E-state index contributed by atoms with van der Waals surface area (Å²) < 4.78 is 6.82. The quantitative estimate of drug-likeness (QED) is 0.165. The molecule has 1 aliphatic rings. The van der Waals surface area contributed by atoms with Crippen LogP contribution in [0.2, 0.25) is 0 Å². The molecule has 1 aliphatic heterocycles. The second-order valence-corrected chi connectivity index (χ2v) is 9.69. The minimum atomic E-state index is -0.846. The van der Waals surface area contributed by atoms with Crippen molar-refractivity contribution in [3.05, 3.63) is 124 Å². The summed E-state index contributed by atoms with van der Waals surface area (Å²) in [5.41, 5.74) is 3.54. The van der Waals surface area contributed by atoms with Crippen LogP contribution in [-0.2, 0) is 9.59 Å². The molecule has 0 saturated carbocycles. The molecule has 1 fully saturated rings. The van der Waals surface area contributed by atoms with E-state index in [4.69, 9.17) is 4.74 Å². The summed E-state index contributed by atoms with van der Waals surface area (Å²) in [7, 11) is 0. The van der Waals surface area contributed by atoms with Crippen LogP contribution in [-0.4, -0.2) is 21.8 Å². The second kappa shape index (κ2) is 10.0. The molecule has 1 amide bonds. The van der Waals surface area contributed by atoms with Crippen molar-refractivity contribution in [3.8, 4) is 11.5 Å². The molecule has 1 atom stereocenters. The fourth-order valence-electron chi connectivity index (χ4n) is 4.39. The van der Waals surface area contributed by atoms with Crippen LogP contribution in [0.25, 0.3) is 5.76 Å². The molecule has 0 aliphatic carbocycles. The first-order chi connectivity index (χ1) is 17.8. The van der Waals surface area contributed by atoms with Crippen molar-refractivity contribution in [2.75, 3.05) is 4.90 Å². The number of nitrogens with zero attached hydrogens (tertiary/aromatic N) is 2. The molecule has 0 spiro atoms. The SMILES string of the molecule is Cc1cccc(Oc2ccc(N3C(=O)C(=O)/C(=C(\O)c4ccc(Br)c(C)c4)C3c3cccnc3)cc2)c1. The van der Waals surface area contributed by atoms with E-state index in [2.05, 4.69) is 20.9 Å². The van der Waals surface area contributed by atoms with Crippen LogP contribution in [0.15, 0.2) is 101 Å². The Hall–Kier alpha value is -4.23. The maximum Gasteiger partial charge on any atom is 0.300 e. The van der Waals surface area contributed by atoms with Gasteiger partial charge in [0.15, 0.2) is 0 Å². The van der Waals surface area contributed by atoms with Gasteiger partial charge in [0.2, 0.25) is 0 Å². The molecule has 1 aromatic heterocycles. The maximum atomic E-state index is 13.3. The number of halogens is 1. The lowest BCUT2D eigenvalue weighted by molar-refractivity contribution is -0.132. The number of aryl methyl sites for hydroxylation is 2. The fourth-order valence-corrected chi connectivity index (χ4v) is 4.64. The van der Waals surface area contributed by atoms with Crippen LogP contribution in [0.3, 0.4) is 0 Å². The van der Waals surface area contributed by atoms with E-state index < -0.39 is 17.7 Å². The summed E-state index contributed by atoms with van der Waals surface area (Å²) in [5, 5.41) is 11.3. The van der Waals surface area contributed by atoms with Gasteiger partial charge < -0.3 is 9.84 Å². The second-order valence-electron chi connectivity index (χ2n) is 8.83. The van der Waals surface area contributed by atoms with E-state index in [1.165, 1.54) is 4.90 Å². The number of benzene rings is 3. The van der Waals surface area contributed by atoms with Crippen LogP contribution in [0.4, 0.5) is 5.69 Å². The summed E-state index contributed by atoms with van der Waals surface area (Å²) in [4.78, 5) is 32.2. The standard InChI is InChI=1S/C30H23BrN2O4/c1-18-5-3-7-24(15-18)37-23-11-9-22(10-12-23)33-27(21-6-4-14-32-17-21)26(29(35)30(33)36)28(34)20-8-13-25(31)19(2)16-20/h3-17,27,34H,1-2H3/b28-26-. The lowest BCUT2D eigenvalue weighted by Gasteiger charge is -2.25. The smallest absolute Gasteiger partial charge is 0.300 e. The molecule has 4 aromatic rings. The molecule has 3 aromatic carbocycles. The zero-order valence-electron chi connectivity index (χ0n) is 20.2. The first-order valence-electron chi connectivity index (χ1n) is 11.7. The molecule has 0 radical (unpaired) electrons. The Labute approximate surface area is 223 Å². The summed E-state index contributed by atoms with van der Waals surface area (Å²) >= 11 is 3.46. The van der Waals surface area contributed by atoms with Gasteiger partial charge >= 0.3 is 0 Å². The number of ether oxygens (including phenoxy) is 1. The number of aliphatic hydroxyl groups is 1. The molecular formula is C30H23BrN2O4. The molecule has 184 valence electrons. The van der Waals surface area contributed by atoms with Crippen molar-refractivity contribution in [1.29, 1.82) is 0 Å². The number of carbonyl (C=O) groups is 2. The Bertz CT molecular complexity index is 1530. The molecular weight excluding hydrogens is 532 g/mol. The largest absolute Gasteiger partial charge is 0.507 e. The summed E-state index contributed by atoms with van der Waals surface area (Å²) in [6.07, 6.45) is 3.21. The number of ketones is 1. The molecule has 1 N–H and O–H groups in total. The minimum absolute atomic E-state index is 0.0137. The summed E-state index contributed by atoms with van der Waals surface area (Å²) in [5.74, 6) is -0.421. The third-order valence-electron chi connectivity index (χ3n) is 6.22. The normalized spacial score (nSPS) is 16.7. The van der Waals surface area contributed by atoms with E-state index in [0.29, 0.717) is 28.3 Å². The van der Waals surface area contributed by atoms with Gasteiger partial charge in [0.1, 0.15) is 17.3 Å². The minimum Gasteiger partial charge on any atom is -0.507 e. The molecule has 1 unspecified atom stereocenters. The molecule has 1 saturated heterocycles. The number of anilines is 1. The lowest BCUT2D eigenvalue weighted by Crippen LogP contribution is -2.29. The monoisotopic (exact) mass is 554 g/mol. The highest BCUT2D eigenvalue weighted by Crippen LogP contribution is 2.42. The predicted molar refractivity (Wildman–Crippen MR) is 146 cm³/mol. The van der Waals surface area contributed by atoms with Crippen molar-refractivity contribution in [2.45, 2.75) is 19.9 Å². The fraction of sp³-hybridized carbons (Fsp3) is 0.100. The molecule has 0 bridgehead atoms. The van der Waals surface area contributed by atoms with E-state index in [1.54, 1.807) is 67.0 Å². The van der Waals surface area contributed by atoms with Crippen LogP contribution in [0.5, 0.6) is 11.5 Å². The van der Waals surface area contributed by atoms with E-state index >= 15 is 0 Å². The van der Waals surface area contributed by atoms with Crippen molar-refractivity contribution in [2.24, 2.45) is 0 Å². The van der Waals surface area contributed by atoms with Gasteiger partial charge in [-0.3, -0.25) is 19.5 Å². The number of aromatic nitrogens is 1. The van der Waals surface area contributed by atoms with Crippen LogP contribution in [0.1, 0.15) is 28.3 Å². The Morgan fingerprint density at radius 1 is 0.946 bits per heavy atom. The van der Waals surface area contributed by atoms with Gasteiger partial charge in [0, 0.05) is 28.1 Å². The molecule has 6 nitrogen and oxygen atoms in total. The van der Waals surface area contributed by atoms with Crippen LogP contribution in [0, 0.1) is 13.8 Å².